The van der Waals surface area contributed by atoms with Crippen LogP contribution in [0.5, 0.6) is 5.75 Å². The number of phenolic OH excluding ortho intramolecular Hbond substituents is 1. The number of nitrogens with zero attached hydrogens (tertiary/aromatic N) is 4. The number of fused-ring (bicyclic) bond motifs is 2. The molecule has 2 N–H and O–H groups in total. The van der Waals surface area contributed by atoms with Gasteiger partial charge in [0.05, 0.1) is 13.1 Å². The second-order valence-electron chi connectivity index (χ2n) is 12.1. The fourth-order valence-electron chi connectivity index (χ4n) is 7.24. The van der Waals surface area contributed by atoms with Crippen molar-refractivity contribution in [2.24, 2.45) is 5.92 Å². The predicted octanol–water partition coefficient (Wildman–Crippen LogP) is 3.52. The number of piperazine rings is 1. The standard InChI is InChI=1S/C32H41N5O4/c1-34-21-30(40)36-27(18-23-10-13-26(38)14-11-23)32(41)35(19-25-9-5-8-24-16-17-33-31(24)25)20-28(36)37(34)29(39)15-12-22-6-3-2-4-7-22/h5,8-11,13-14,22,27-28,33,38H,2-4,6-7,12,15-21H2,1H3/t27-,28?/m0/s1. The van der Waals surface area contributed by atoms with Gasteiger partial charge in [-0.1, -0.05) is 62.4 Å². The van der Waals surface area contributed by atoms with Crippen LogP contribution in [0, 0.1) is 5.92 Å². The summed E-state index contributed by atoms with van der Waals surface area (Å²) in [6.07, 6.45) is 8.15. The van der Waals surface area contributed by atoms with Gasteiger partial charge in [0.25, 0.3) is 0 Å². The van der Waals surface area contributed by atoms with Crippen LogP contribution in [0.15, 0.2) is 42.5 Å². The maximum absolute atomic E-state index is 14.1. The summed E-state index contributed by atoms with van der Waals surface area (Å²) in [5.74, 6) is 0.491. The fourth-order valence-corrected chi connectivity index (χ4v) is 7.24. The summed E-state index contributed by atoms with van der Waals surface area (Å²) >= 11 is 0. The number of carbonyl (C=O) groups is 3. The average molecular weight is 560 g/mol. The van der Waals surface area contributed by atoms with Crippen molar-refractivity contribution >= 4 is 23.4 Å². The maximum atomic E-state index is 14.1. The van der Waals surface area contributed by atoms with E-state index in [1.54, 1.807) is 46.2 Å². The zero-order chi connectivity index (χ0) is 28.5. The molecule has 3 heterocycles. The van der Waals surface area contributed by atoms with E-state index in [-0.39, 0.29) is 36.6 Å². The van der Waals surface area contributed by atoms with Gasteiger partial charge in [-0.05, 0) is 47.6 Å². The van der Waals surface area contributed by atoms with E-state index in [1.165, 1.54) is 37.7 Å². The molecule has 2 aromatic carbocycles. The number of amides is 3. The average Bonchev–Trinajstić information content (AvgIpc) is 3.46. The maximum Gasteiger partial charge on any atom is 0.246 e. The number of hydrogen-bond acceptors (Lipinski definition) is 6. The van der Waals surface area contributed by atoms with Crippen LogP contribution in [0.3, 0.4) is 0 Å². The van der Waals surface area contributed by atoms with E-state index < -0.39 is 12.2 Å². The minimum absolute atomic E-state index is 0.0144. The molecular weight excluding hydrogens is 518 g/mol. The lowest BCUT2D eigenvalue weighted by Crippen LogP contribution is -2.75. The Labute approximate surface area is 242 Å². The number of rotatable bonds is 7. The van der Waals surface area contributed by atoms with Gasteiger partial charge in [-0.15, -0.1) is 0 Å². The SMILES string of the molecule is CN1CC(=O)N2C(CN(Cc3cccc4c3NCC4)C(=O)[C@@H]2Cc2ccc(O)cc2)N1C(=O)CCC1CCCCC1. The molecule has 2 aromatic rings. The Morgan fingerprint density at radius 1 is 1.05 bits per heavy atom. The summed E-state index contributed by atoms with van der Waals surface area (Å²) in [6.45, 7) is 1.61. The van der Waals surface area contributed by atoms with Gasteiger partial charge in [0.1, 0.15) is 18.0 Å². The Morgan fingerprint density at radius 2 is 1.83 bits per heavy atom. The molecule has 0 aromatic heterocycles. The lowest BCUT2D eigenvalue weighted by atomic mass is 9.86. The molecule has 9 nitrogen and oxygen atoms in total. The molecule has 2 saturated heterocycles. The number of carbonyl (C=O) groups excluding carboxylic acids is 3. The fraction of sp³-hybridized carbons (Fsp3) is 0.531. The van der Waals surface area contributed by atoms with Crippen molar-refractivity contribution < 1.29 is 19.5 Å². The molecule has 3 fully saturated rings. The van der Waals surface area contributed by atoms with Crippen LogP contribution in [-0.2, 0) is 33.8 Å². The van der Waals surface area contributed by atoms with Crippen molar-refractivity contribution in [2.45, 2.75) is 76.5 Å². The first kappa shape index (κ1) is 27.6. The second kappa shape index (κ2) is 11.7. The van der Waals surface area contributed by atoms with Gasteiger partial charge in [-0.3, -0.25) is 19.4 Å². The highest BCUT2D eigenvalue weighted by molar-refractivity contribution is 5.92. The van der Waals surface area contributed by atoms with E-state index in [2.05, 4.69) is 17.4 Å². The molecular formula is C32H41N5O4. The summed E-state index contributed by atoms with van der Waals surface area (Å²) in [5.41, 5.74) is 4.25. The highest BCUT2D eigenvalue weighted by Gasteiger charge is 2.50. The molecule has 6 rings (SSSR count). The van der Waals surface area contributed by atoms with Crippen LogP contribution in [0.1, 0.15) is 61.6 Å². The smallest absolute Gasteiger partial charge is 0.246 e. The number of para-hydroxylation sites is 1. The predicted molar refractivity (Wildman–Crippen MR) is 156 cm³/mol. The van der Waals surface area contributed by atoms with E-state index in [4.69, 9.17) is 0 Å². The number of phenols is 1. The van der Waals surface area contributed by atoms with Crippen molar-refractivity contribution in [3.05, 3.63) is 59.2 Å². The minimum Gasteiger partial charge on any atom is -0.508 e. The van der Waals surface area contributed by atoms with Gasteiger partial charge in [0.15, 0.2) is 0 Å². The monoisotopic (exact) mass is 559 g/mol. The summed E-state index contributed by atoms with van der Waals surface area (Å²) in [6, 6.07) is 12.3. The van der Waals surface area contributed by atoms with E-state index in [1.807, 2.05) is 11.0 Å². The largest absolute Gasteiger partial charge is 0.508 e. The van der Waals surface area contributed by atoms with Gasteiger partial charge >= 0.3 is 0 Å². The molecule has 3 aliphatic heterocycles. The Kier molecular flexibility index (Phi) is 7.88. The van der Waals surface area contributed by atoms with E-state index in [9.17, 15) is 19.5 Å². The van der Waals surface area contributed by atoms with Gasteiger partial charge in [0, 0.05) is 38.7 Å². The number of hydrogen-bond donors (Lipinski definition) is 2. The molecule has 2 atom stereocenters. The zero-order valence-corrected chi connectivity index (χ0v) is 23.9. The molecule has 4 aliphatic rings. The molecule has 1 unspecified atom stereocenters. The number of likely N-dealkylation sites (N-methyl/N-ethyl adjacent to an activating group) is 1. The van der Waals surface area contributed by atoms with Crippen LogP contribution in [-0.4, -0.2) is 81.5 Å². The molecule has 3 amide bonds. The number of aromatic hydroxyl groups is 1. The van der Waals surface area contributed by atoms with Crippen LogP contribution in [0.4, 0.5) is 5.69 Å². The Balaban J connectivity index is 1.30. The Bertz CT molecular complexity index is 1290. The van der Waals surface area contributed by atoms with Gasteiger partial charge in [-0.2, -0.15) is 0 Å². The van der Waals surface area contributed by atoms with Crippen LogP contribution in [0.2, 0.25) is 0 Å². The molecule has 0 spiro atoms. The third-order valence-corrected chi connectivity index (χ3v) is 9.35. The quantitative estimate of drug-likeness (QED) is 0.539. The van der Waals surface area contributed by atoms with Crippen molar-refractivity contribution in [3.8, 4) is 5.75 Å². The van der Waals surface area contributed by atoms with E-state index in [0.717, 1.165) is 36.2 Å². The topological polar surface area (TPSA) is 96.4 Å². The zero-order valence-electron chi connectivity index (χ0n) is 23.9. The number of benzene rings is 2. The highest BCUT2D eigenvalue weighted by Crippen LogP contribution is 2.33. The number of nitrogens with one attached hydrogen (secondary N) is 1. The van der Waals surface area contributed by atoms with Crippen molar-refractivity contribution in [1.29, 1.82) is 0 Å². The van der Waals surface area contributed by atoms with E-state index >= 15 is 0 Å². The molecule has 41 heavy (non-hydrogen) atoms. The van der Waals surface area contributed by atoms with Crippen LogP contribution >= 0.6 is 0 Å². The third kappa shape index (κ3) is 5.64. The van der Waals surface area contributed by atoms with Crippen molar-refractivity contribution in [1.82, 2.24) is 19.8 Å². The molecule has 9 heteroatoms. The number of anilines is 1. The lowest BCUT2D eigenvalue weighted by Gasteiger charge is -2.54. The van der Waals surface area contributed by atoms with Crippen LogP contribution < -0.4 is 5.32 Å². The van der Waals surface area contributed by atoms with Gasteiger partial charge < -0.3 is 20.2 Å². The number of hydrazine groups is 1. The first-order chi connectivity index (χ1) is 19.9. The first-order valence-electron chi connectivity index (χ1n) is 15.1. The third-order valence-electron chi connectivity index (χ3n) is 9.35. The molecule has 218 valence electrons. The van der Waals surface area contributed by atoms with Crippen molar-refractivity contribution in [2.75, 3.05) is 32.0 Å². The van der Waals surface area contributed by atoms with E-state index in [0.29, 0.717) is 25.3 Å². The highest BCUT2D eigenvalue weighted by atomic mass is 16.3. The first-order valence-corrected chi connectivity index (χ1v) is 15.1. The van der Waals surface area contributed by atoms with Gasteiger partial charge in [-0.25, -0.2) is 5.01 Å². The normalized spacial score (nSPS) is 23.4. The summed E-state index contributed by atoms with van der Waals surface area (Å²) in [7, 11) is 1.80. The molecule has 1 saturated carbocycles. The lowest BCUT2D eigenvalue weighted by molar-refractivity contribution is -0.203. The summed E-state index contributed by atoms with van der Waals surface area (Å²) in [4.78, 5) is 45.0. The van der Waals surface area contributed by atoms with Crippen molar-refractivity contribution in [3.63, 3.8) is 0 Å². The van der Waals surface area contributed by atoms with Gasteiger partial charge in [0.2, 0.25) is 17.7 Å². The van der Waals surface area contributed by atoms with Crippen LogP contribution in [0.25, 0.3) is 0 Å². The second-order valence-corrected chi connectivity index (χ2v) is 12.1. The molecule has 0 radical (unpaired) electrons. The minimum atomic E-state index is -0.738. The summed E-state index contributed by atoms with van der Waals surface area (Å²) < 4.78 is 0. The Morgan fingerprint density at radius 3 is 2.61 bits per heavy atom. The Hall–Kier alpha value is -3.59. The molecule has 0 bridgehead atoms. The molecule has 1 aliphatic carbocycles. The summed E-state index contributed by atoms with van der Waals surface area (Å²) in [5, 5.41) is 16.8.